The number of halogens is 1. The minimum atomic E-state index is -0.383. The normalized spacial score (nSPS) is 14.7. The van der Waals surface area contributed by atoms with Crippen molar-refractivity contribution < 1.29 is 18.7 Å². The molecule has 1 amide bonds. The molecule has 1 fully saturated rings. The highest BCUT2D eigenvalue weighted by Crippen LogP contribution is 2.30. The number of para-hydroxylation sites is 1. The summed E-state index contributed by atoms with van der Waals surface area (Å²) in [4.78, 5) is 21.3. The Morgan fingerprint density at radius 3 is 2.73 bits per heavy atom. The van der Waals surface area contributed by atoms with Gasteiger partial charge in [-0.15, -0.1) is 0 Å². The zero-order chi connectivity index (χ0) is 20.9. The summed E-state index contributed by atoms with van der Waals surface area (Å²) < 4.78 is 25.9. The number of rotatable bonds is 7. The fraction of sp³-hybridized carbons (Fsp3) is 0.364. The Kier molecular flexibility index (Phi) is 6.56. The first-order valence-corrected chi connectivity index (χ1v) is 10.8. The number of hydrogen-bond donors (Lipinski definition) is 0. The van der Waals surface area contributed by atoms with E-state index in [0.717, 1.165) is 18.7 Å². The second kappa shape index (κ2) is 9.51. The maximum atomic E-state index is 14.1. The molecule has 0 unspecified atom stereocenters. The third-order valence-corrected chi connectivity index (χ3v) is 6.06. The highest BCUT2D eigenvalue weighted by molar-refractivity contribution is 7.22. The van der Waals surface area contributed by atoms with E-state index in [0.29, 0.717) is 47.4 Å². The molecule has 4 rings (SSSR count). The van der Waals surface area contributed by atoms with E-state index < -0.39 is 0 Å². The van der Waals surface area contributed by atoms with Gasteiger partial charge in [0.2, 0.25) is 0 Å². The summed E-state index contributed by atoms with van der Waals surface area (Å²) in [6.07, 6.45) is 0. The molecule has 0 radical (unpaired) electrons. The van der Waals surface area contributed by atoms with Crippen molar-refractivity contribution in [3.8, 4) is 5.75 Å². The number of aromatic nitrogens is 1. The van der Waals surface area contributed by atoms with Crippen LogP contribution in [0.25, 0.3) is 10.2 Å². The Bertz CT molecular complexity index is 1000. The molecule has 8 heteroatoms. The summed E-state index contributed by atoms with van der Waals surface area (Å²) in [5.74, 6) is 0.0483. The number of hydrogen-bond acceptors (Lipinski definition) is 6. The quantitative estimate of drug-likeness (QED) is 0.576. The summed E-state index contributed by atoms with van der Waals surface area (Å²) in [5, 5.41) is 0.487. The average molecular weight is 430 g/mol. The predicted octanol–water partition coefficient (Wildman–Crippen LogP) is 3.49. The Balaban J connectivity index is 1.51. The molecule has 6 nitrogen and oxygen atoms in total. The van der Waals surface area contributed by atoms with Gasteiger partial charge in [-0.25, -0.2) is 9.37 Å². The summed E-state index contributed by atoms with van der Waals surface area (Å²) in [6, 6.07) is 12.4. The number of anilines is 1. The van der Waals surface area contributed by atoms with Crippen molar-refractivity contribution in [2.75, 3.05) is 50.9 Å². The minimum Gasteiger partial charge on any atom is -0.484 e. The van der Waals surface area contributed by atoms with Gasteiger partial charge in [-0.2, -0.15) is 0 Å². The van der Waals surface area contributed by atoms with E-state index in [2.05, 4.69) is 9.88 Å². The number of fused-ring (bicyclic) bond motifs is 1. The van der Waals surface area contributed by atoms with Gasteiger partial charge in [-0.1, -0.05) is 35.1 Å². The van der Waals surface area contributed by atoms with Crippen LogP contribution in [-0.4, -0.2) is 61.8 Å². The fourth-order valence-electron chi connectivity index (χ4n) is 3.27. The highest BCUT2D eigenvalue weighted by Gasteiger charge is 2.22. The second-order valence-electron chi connectivity index (χ2n) is 7.18. The number of morpholine rings is 1. The second-order valence-corrected chi connectivity index (χ2v) is 8.19. The van der Waals surface area contributed by atoms with Crippen LogP contribution in [0.4, 0.5) is 9.52 Å². The van der Waals surface area contributed by atoms with E-state index in [4.69, 9.17) is 9.47 Å². The molecule has 2 heterocycles. The lowest BCUT2D eigenvalue weighted by atomic mass is 10.2. The number of benzene rings is 2. The summed E-state index contributed by atoms with van der Waals surface area (Å²) in [6.45, 7) is 6.08. The largest absolute Gasteiger partial charge is 0.484 e. The maximum absolute atomic E-state index is 14.1. The lowest BCUT2D eigenvalue weighted by molar-refractivity contribution is -0.120. The van der Waals surface area contributed by atoms with Gasteiger partial charge in [-0.3, -0.25) is 14.6 Å². The van der Waals surface area contributed by atoms with Gasteiger partial charge in [0.1, 0.15) is 17.1 Å². The molecule has 3 aromatic rings. The van der Waals surface area contributed by atoms with Crippen LogP contribution >= 0.6 is 11.3 Å². The smallest absolute Gasteiger partial charge is 0.266 e. The predicted molar refractivity (Wildman–Crippen MR) is 116 cm³/mol. The van der Waals surface area contributed by atoms with Crippen molar-refractivity contribution in [1.82, 2.24) is 9.88 Å². The molecule has 0 aliphatic carbocycles. The molecule has 158 valence electrons. The summed E-state index contributed by atoms with van der Waals surface area (Å²) in [7, 11) is 0. The van der Waals surface area contributed by atoms with Crippen LogP contribution in [0.15, 0.2) is 42.5 Å². The van der Waals surface area contributed by atoms with E-state index >= 15 is 0 Å². The van der Waals surface area contributed by atoms with Crippen LogP contribution in [-0.2, 0) is 9.53 Å². The SMILES string of the molecule is Cc1ccc(OCC(=O)N(CCN2CCOCC2)c2nc3c(F)cccc3s2)cc1. The van der Waals surface area contributed by atoms with E-state index in [9.17, 15) is 9.18 Å². The summed E-state index contributed by atoms with van der Waals surface area (Å²) in [5.41, 5.74) is 1.42. The molecule has 30 heavy (non-hydrogen) atoms. The molecule has 2 aromatic carbocycles. The number of carbonyl (C=O) groups excluding carboxylic acids is 1. The van der Waals surface area contributed by atoms with Gasteiger partial charge in [0, 0.05) is 26.2 Å². The monoisotopic (exact) mass is 429 g/mol. The summed E-state index contributed by atoms with van der Waals surface area (Å²) >= 11 is 1.31. The number of aryl methyl sites for hydroxylation is 1. The number of nitrogens with zero attached hydrogens (tertiary/aromatic N) is 3. The van der Waals surface area contributed by atoms with Crippen molar-refractivity contribution >= 4 is 32.6 Å². The Morgan fingerprint density at radius 2 is 2.00 bits per heavy atom. The number of carbonyl (C=O) groups is 1. The molecule has 0 N–H and O–H groups in total. The maximum Gasteiger partial charge on any atom is 0.266 e. The molecule has 1 saturated heterocycles. The van der Waals surface area contributed by atoms with Crippen LogP contribution < -0.4 is 9.64 Å². The highest BCUT2D eigenvalue weighted by atomic mass is 32.1. The van der Waals surface area contributed by atoms with E-state index in [-0.39, 0.29) is 18.3 Å². The van der Waals surface area contributed by atoms with Gasteiger partial charge in [0.15, 0.2) is 11.7 Å². The van der Waals surface area contributed by atoms with E-state index in [1.807, 2.05) is 37.3 Å². The third-order valence-electron chi connectivity index (χ3n) is 5.02. The fourth-order valence-corrected chi connectivity index (χ4v) is 4.29. The first-order chi connectivity index (χ1) is 14.6. The molecule has 0 saturated carbocycles. The van der Waals surface area contributed by atoms with Crippen molar-refractivity contribution in [2.24, 2.45) is 0 Å². The number of amides is 1. The zero-order valence-corrected chi connectivity index (χ0v) is 17.7. The first kappa shape index (κ1) is 20.7. The topological polar surface area (TPSA) is 54.9 Å². The van der Waals surface area contributed by atoms with Gasteiger partial charge in [0.25, 0.3) is 5.91 Å². The minimum absolute atomic E-state index is 0.107. The lowest BCUT2D eigenvalue weighted by Gasteiger charge is -2.29. The van der Waals surface area contributed by atoms with Crippen LogP contribution in [0.2, 0.25) is 0 Å². The van der Waals surface area contributed by atoms with Gasteiger partial charge in [0.05, 0.1) is 17.9 Å². The molecule has 0 atom stereocenters. The Labute approximate surface area is 178 Å². The van der Waals surface area contributed by atoms with Crippen molar-refractivity contribution in [3.63, 3.8) is 0 Å². The van der Waals surface area contributed by atoms with Gasteiger partial charge in [-0.05, 0) is 31.2 Å². The molecule has 1 aliphatic heterocycles. The lowest BCUT2D eigenvalue weighted by Crippen LogP contribution is -2.44. The van der Waals surface area contributed by atoms with Crippen LogP contribution in [0.5, 0.6) is 5.75 Å². The van der Waals surface area contributed by atoms with Crippen LogP contribution in [0.3, 0.4) is 0 Å². The molecular formula is C22H24FN3O3S. The Hall–Kier alpha value is -2.55. The standard InChI is InChI=1S/C22H24FN3O3S/c1-16-5-7-17(8-6-16)29-15-20(27)26(10-9-25-11-13-28-14-12-25)22-24-21-18(23)3-2-4-19(21)30-22/h2-8H,9-15H2,1H3. The number of thiazole rings is 1. The van der Waals surface area contributed by atoms with Crippen LogP contribution in [0, 0.1) is 12.7 Å². The van der Waals surface area contributed by atoms with Crippen molar-refractivity contribution in [2.45, 2.75) is 6.92 Å². The average Bonchev–Trinajstić information content (AvgIpc) is 3.19. The first-order valence-electron chi connectivity index (χ1n) is 9.95. The molecular weight excluding hydrogens is 405 g/mol. The van der Waals surface area contributed by atoms with Gasteiger partial charge >= 0.3 is 0 Å². The molecule has 0 bridgehead atoms. The van der Waals surface area contributed by atoms with Crippen molar-refractivity contribution in [3.05, 3.63) is 53.8 Å². The van der Waals surface area contributed by atoms with E-state index in [1.165, 1.54) is 17.4 Å². The Morgan fingerprint density at radius 1 is 1.23 bits per heavy atom. The van der Waals surface area contributed by atoms with Crippen LogP contribution in [0.1, 0.15) is 5.56 Å². The number of ether oxygens (including phenoxy) is 2. The zero-order valence-electron chi connectivity index (χ0n) is 16.8. The molecule has 1 aliphatic rings. The van der Waals surface area contributed by atoms with Crippen molar-refractivity contribution in [1.29, 1.82) is 0 Å². The van der Waals surface area contributed by atoms with Gasteiger partial charge < -0.3 is 9.47 Å². The molecule has 0 spiro atoms. The molecule has 1 aromatic heterocycles. The van der Waals surface area contributed by atoms with E-state index in [1.54, 1.807) is 11.0 Å². The third kappa shape index (κ3) is 4.95.